The second kappa shape index (κ2) is 6.78. The Labute approximate surface area is 148 Å². The van der Waals surface area contributed by atoms with Gasteiger partial charge in [0, 0.05) is 42.3 Å². The lowest BCUT2D eigenvalue weighted by Gasteiger charge is -2.08. The first-order valence-electron chi connectivity index (χ1n) is 7.76. The highest BCUT2D eigenvalue weighted by Crippen LogP contribution is 2.28. The highest BCUT2D eigenvalue weighted by Gasteiger charge is 2.11. The number of rotatable bonds is 4. The molecule has 4 aromatic heterocycles. The van der Waals surface area contributed by atoms with Crippen LogP contribution in [0.15, 0.2) is 65.9 Å². The number of carbonyl (C=O) groups is 1. The molecule has 1 amide bonds. The Balaban J connectivity index is 1.64. The molecule has 122 valence electrons. The predicted molar refractivity (Wildman–Crippen MR) is 98.3 cm³/mol. The molecule has 0 saturated carbocycles. The maximum atomic E-state index is 12.5. The SMILES string of the molecule is O=C(NCc1ccncc1)c1ccc2cncc(-c3ccsc3)c2n1. The molecule has 0 bridgehead atoms. The minimum Gasteiger partial charge on any atom is -0.347 e. The van der Waals surface area contributed by atoms with E-state index in [1.54, 1.807) is 42.2 Å². The summed E-state index contributed by atoms with van der Waals surface area (Å²) in [5.74, 6) is -0.202. The van der Waals surface area contributed by atoms with E-state index in [-0.39, 0.29) is 5.91 Å². The second-order valence-corrected chi connectivity index (χ2v) is 6.29. The highest BCUT2D eigenvalue weighted by atomic mass is 32.1. The molecule has 0 unspecified atom stereocenters. The number of fused-ring (bicyclic) bond motifs is 1. The summed E-state index contributed by atoms with van der Waals surface area (Å²) in [5, 5.41) is 7.87. The first kappa shape index (κ1) is 15.4. The number of carbonyl (C=O) groups excluding carboxylic acids is 1. The molecular weight excluding hydrogens is 332 g/mol. The van der Waals surface area contributed by atoms with Gasteiger partial charge in [-0.3, -0.25) is 14.8 Å². The lowest BCUT2D eigenvalue weighted by molar-refractivity contribution is 0.0946. The average Bonchev–Trinajstić information content (AvgIpc) is 3.20. The van der Waals surface area contributed by atoms with Crippen LogP contribution in [-0.4, -0.2) is 20.9 Å². The minimum atomic E-state index is -0.202. The number of nitrogens with zero attached hydrogens (tertiary/aromatic N) is 3. The van der Waals surface area contributed by atoms with Crippen molar-refractivity contribution >= 4 is 28.1 Å². The van der Waals surface area contributed by atoms with Gasteiger partial charge < -0.3 is 5.32 Å². The van der Waals surface area contributed by atoms with Gasteiger partial charge in [0.05, 0.1) is 5.52 Å². The molecular formula is C19H14N4OS. The topological polar surface area (TPSA) is 67.8 Å². The molecule has 0 fully saturated rings. The van der Waals surface area contributed by atoms with Crippen molar-refractivity contribution in [3.8, 4) is 11.1 Å². The lowest BCUT2D eigenvalue weighted by atomic mass is 10.1. The van der Waals surface area contributed by atoms with Crippen LogP contribution in [0.3, 0.4) is 0 Å². The molecule has 0 aliphatic rings. The Morgan fingerprint density at radius 2 is 1.92 bits per heavy atom. The van der Waals surface area contributed by atoms with E-state index in [0.717, 1.165) is 27.6 Å². The summed E-state index contributed by atoms with van der Waals surface area (Å²) in [6, 6.07) is 9.37. The fourth-order valence-corrected chi connectivity index (χ4v) is 3.23. The van der Waals surface area contributed by atoms with E-state index in [2.05, 4.69) is 20.3 Å². The number of hydrogen-bond donors (Lipinski definition) is 1. The molecule has 0 spiro atoms. The lowest BCUT2D eigenvalue weighted by Crippen LogP contribution is -2.23. The van der Waals surface area contributed by atoms with Gasteiger partial charge >= 0.3 is 0 Å². The molecule has 5 nitrogen and oxygen atoms in total. The number of nitrogens with one attached hydrogen (secondary N) is 1. The summed E-state index contributed by atoms with van der Waals surface area (Å²) in [7, 11) is 0. The van der Waals surface area contributed by atoms with E-state index in [1.807, 2.05) is 35.0 Å². The van der Waals surface area contributed by atoms with Crippen LogP contribution in [0, 0.1) is 0 Å². The maximum absolute atomic E-state index is 12.5. The summed E-state index contributed by atoms with van der Waals surface area (Å²) in [5.41, 5.74) is 4.16. The van der Waals surface area contributed by atoms with Crippen LogP contribution in [0.4, 0.5) is 0 Å². The van der Waals surface area contributed by atoms with Crippen LogP contribution in [0.1, 0.15) is 16.1 Å². The van der Waals surface area contributed by atoms with Crippen molar-refractivity contribution in [2.75, 3.05) is 0 Å². The van der Waals surface area contributed by atoms with Gasteiger partial charge in [0.1, 0.15) is 5.69 Å². The van der Waals surface area contributed by atoms with Crippen molar-refractivity contribution < 1.29 is 4.79 Å². The highest BCUT2D eigenvalue weighted by molar-refractivity contribution is 7.08. The molecule has 0 aromatic carbocycles. The summed E-state index contributed by atoms with van der Waals surface area (Å²) in [6.45, 7) is 0.439. The van der Waals surface area contributed by atoms with Crippen molar-refractivity contribution in [3.05, 3.63) is 77.1 Å². The van der Waals surface area contributed by atoms with E-state index < -0.39 is 0 Å². The van der Waals surface area contributed by atoms with Crippen LogP contribution in [0.2, 0.25) is 0 Å². The molecule has 0 saturated heterocycles. The minimum absolute atomic E-state index is 0.202. The monoisotopic (exact) mass is 346 g/mol. The molecule has 0 atom stereocenters. The normalized spacial score (nSPS) is 10.7. The summed E-state index contributed by atoms with van der Waals surface area (Å²) in [4.78, 5) is 25.3. The van der Waals surface area contributed by atoms with E-state index in [4.69, 9.17) is 0 Å². The summed E-state index contributed by atoms with van der Waals surface area (Å²) >= 11 is 1.62. The van der Waals surface area contributed by atoms with Gasteiger partial charge in [-0.1, -0.05) is 0 Å². The quantitative estimate of drug-likeness (QED) is 0.612. The van der Waals surface area contributed by atoms with Crippen molar-refractivity contribution in [1.29, 1.82) is 0 Å². The number of pyridine rings is 3. The fraction of sp³-hybridized carbons (Fsp3) is 0.0526. The van der Waals surface area contributed by atoms with E-state index >= 15 is 0 Å². The number of hydrogen-bond acceptors (Lipinski definition) is 5. The van der Waals surface area contributed by atoms with E-state index in [1.165, 1.54) is 0 Å². The van der Waals surface area contributed by atoms with Crippen molar-refractivity contribution in [2.45, 2.75) is 6.54 Å². The molecule has 0 radical (unpaired) electrons. The third-order valence-corrected chi connectivity index (χ3v) is 4.55. The number of thiophene rings is 1. The van der Waals surface area contributed by atoms with E-state index in [0.29, 0.717) is 12.2 Å². The number of amides is 1. The van der Waals surface area contributed by atoms with Crippen LogP contribution in [0.5, 0.6) is 0 Å². The molecule has 0 aliphatic carbocycles. The Bertz CT molecular complexity index is 1020. The Morgan fingerprint density at radius 3 is 2.72 bits per heavy atom. The van der Waals surface area contributed by atoms with Gasteiger partial charge in [-0.15, -0.1) is 0 Å². The van der Waals surface area contributed by atoms with Crippen LogP contribution < -0.4 is 5.32 Å². The predicted octanol–water partition coefficient (Wildman–Crippen LogP) is 3.68. The fourth-order valence-electron chi connectivity index (χ4n) is 2.57. The van der Waals surface area contributed by atoms with Gasteiger partial charge in [0.2, 0.25) is 0 Å². The zero-order valence-corrected chi connectivity index (χ0v) is 14.0. The van der Waals surface area contributed by atoms with Gasteiger partial charge in [0.15, 0.2) is 0 Å². The summed E-state index contributed by atoms with van der Waals surface area (Å²) in [6.07, 6.45) is 6.96. The molecule has 1 N–H and O–H groups in total. The third-order valence-electron chi connectivity index (χ3n) is 3.87. The van der Waals surface area contributed by atoms with Gasteiger partial charge in [-0.05, 0) is 52.2 Å². The first-order chi connectivity index (χ1) is 12.3. The van der Waals surface area contributed by atoms with Crippen LogP contribution >= 0.6 is 11.3 Å². The van der Waals surface area contributed by atoms with Gasteiger partial charge in [-0.25, -0.2) is 4.98 Å². The second-order valence-electron chi connectivity index (χ2n) is 5.51. The molecule has 4 rings (SSSR count). The Morgan fingerprint density at radius 1 is 1.04 bits per heavy atom. The zero-order valence-electron chi connectivity index (χ0n) is 13.2. The Hall–Kier alpha value is -3.12. The third kappa shape index (κ3) is 3.25. The molecule has 6 heteroatoms. The smallest absolute Gasteiger partial charge is 0.270 e. The molecule has 25 heavy (non-hydrogen) atoms. The molecule has 0 aliphatic heterocycles. The van der Waals surface area contributed by atoms with Crippen molar-refractivity contribution in [2.24, 2.45) is 0 Å². The van der Waals surface area contributed by atoms with Crippen LogP contribution in [0.25, 0.3) is 22.0 Å². The molecule has 4 heterocycles. The standard InChI is InChI=1S/C19H14N4OS/c24-19(22-9-13-3-6-20-7-4-13)17-2-1-14-10-21-11-16(18(14)23-17)15-5-8-25-12-15/h1-8,10-12H,9H2,(H,22,24). The van der Waals surface area contributed by atoms with Gasteiger partial charge in [-0.2, -0.15) is 11.3 Å². The summed E-state index contributed by atoms with van der Waals surface area (Å²) < 4.78 is 0. The van der Waals surface area contributed by atoms with Crippen molar-refractivity contribution in [1.82, 2.24) is 20.3 Å². The van der Waals surface area contributed by atoms with E-state index in [9.17, 15) is 4.79 Å². The Kier molecular flexibility index (Phi) is 4.18. The first-order valence-corrected chi connectivity index (χ1v) is 8.70. The largest absolute Gasteiger partial charge is 0.347 e. The molecule has 4 aromatic rings. The van der Waals surface area contributed by atoms with Crippen LogP contribution in [-0.2, 0) is 6.54 Å². The van der Waals surface area contributed by atoms with Gasteiger partial charge in [0.25, 0.3) is 5.91 Å². The maximum Gasteiger partial charge on any atom is 0.270 e. The van der Waals surface area contributed by atoms with Crippen molar-refractivity contribution in [3.63, 3.8) is 0 Å². The number of aromatic nitrogens is 3. The zero-order chi connectivity index (χ0) is 17.1. The average molecular weight is 346 g/mol.